The molecule has 0 heterocycles. The molecule has 0 aromatic heterocycles. The van der Waals surface area contributed by atoms with Crippen LogP contribution in [-0.2, 0) is 18.9 Å². The number of unbranched alkanes of at least 4 members (excludes halogenated alkanes) is 1. The predicted molar refractivity (Wildman–Crippen MR) is 128 cm³/mol. The van der Waals surface area contributed by atoms with Crippen molar-refractivity contribution < 1.29 is 33.3 Å². The summed E-state index contributed by atoms with van der Waals surface area (Å²) in [4.78, 5) is 24.2. The molecule has 2 amide bonds. The van der Waals surface area contributed by atoms with Gasteiger partial charge in [0.1, 0.15) is 5.75 Å². The fourth-order valence-electron chi connectivity index (χ4n) is 2.93. The standard InChI is InChI=1S/C25H34N2O7/c1-4-30-25(31-5-2,32-6-3)33-19-11-10-18-26-24(29)27-21-14-16-22(17-15-21)34-23(28)20-12-8-7-9-13-20/h7-9,12-17H,4-6,10-11,18-19H2,1-3H3,(H2,26,27,29). The van der Waals surface area contributed by atoms with Crippen molar-refractivity contribution in [3.05, 3.63) is 60.2 Å². The Labute approximate surface area is 200 Å². The topological polar surface area (TPSA) is 104 Å². The van der Waals surface area contributed by atoms with Gasteiger partial charge in [-0.05, 0) is 70.0 Å². The Kier molecular flexibility index (Phi) is 12.0. The van der Waals surface area contributed by atoms with Gasteiger partial charge in [0.2, 0.25) is 0 Å². The first kappa shape index (κ1) is 27.3. The molecule has 0 saturated heterocycles. The lowest BCUT2D eigenvalue weighted by atomic mass is 10.2. The first-order chi connectivity index (χ1) is 16.5. The highest BCUT2D eigenvalue weighted by Gasteiger charge is 2.34. The lowest BCUT2D eigenvalue weighted by molar-refractivity contribution is -0.496. The van der Waals surface area contributed by atoms with E-state index < -0.39 is 12.1 Å². The number of amides is 2. The van der Waals surface area contributed by atoms with Crippen LogP contribution < -0.4 is 15.4 Å². The molecule has 0 atom stereocenters. The van der Waals surface area contributed by atoms with Crippen molar-refractivity contribution in [3.8, 4) is 5.75 Å². The molecule has 0 aliphatic rings. The minimum absolute atomic E-state index is 0.331. The van der Waals surface area contributed by atoms with Gasteiger partial charge in [0.05, 0.1) is 32.0 Å². The number of anilines is 1. The number of esters is 1. The van der Waals surface area contributed by atoms with E-state index in [0.717, 1.165) is 0 Å². The van der Waals surface area contributed by atoms with Crippen LogP contribution in [0.3, 0.4) is 0 Å². The molecule has 0 aliphatic heterocycles. The smallest absolute Gasteiger partial charge is 0.412 e. The van der Waals surface area contributed by atoms with E-state index in [0.29, 0.717) is 62.8 Å². The highest BCUT2D eigenvalue weighted by atomic mass is 17.0. The molecule has 2 aromatic rings. The normalized spacial score (nSPS) is 11.1. The van der Waals surface area contributed by atoms with Gasteiger partial charge in [-0.1, -0.05) is 18.2 Å². The van der Waals surface area contributed by atoms with E-state index in [2.05, 4.69) is 10.6 Å². The zero-order valence-electron chi connectivity index (χ0n) is 20.0. The van der Waals surface area contributed by atoms with E-state index in [9.17, 15) is 9.59 Å². The first-order valence-electron chi connectivity index (χ1n) is 11.5. The fourth-order valence-corrected chi connectivity index (χ4v) is 2.93. The molecule has 0 fully saturated rings. The number of carbonyl (C=O) groups excluding carboxylic acids is 2. The summed E-state index contributed by atoms with van der Waals surface area (Å²) in [6.07, 6.45) is -0.108. The monoisotopic (exact) mass is 474 g/mol. The maximum Gasteiger partial charge on any atom is 0.412 e. The van der Waals surface area contributed by atoms with Crippen molar-refractivity contribution >= 4 is 17.7 Å². The summed E-state index contributed by atoms with van der Waals surface area (Å²) >= 11 is 0. The van der Waals surface area contributed by atoms with E-state index >= 15 is 0 Å². The van der Waals surface area contributed by atoms with Crippen LogP contribution in [0.25, 0.3) is 0 Å². The number of ether oxygens (including phenoxy) is 5. The van der Waals surface area contributed by atoms with Crippen molar-refractivity contribution in [1.29, 1.82) is 0 Å². The molecule has 0 radical (unpaired) electrons. The zero-order chi connectivity index (χ0) is 24.7. The second-order valence-electron chi connectivity index (χ2n) is 7.02. The molecule has 0 unspecified atom stereocenters. The first-order valence-corrected chi connectivity index (χ1v) is 11.5. The minimum atomic E-state index is -1.48. The van der Waals surface area contributed by atoms with Gasteiger partial charge in [-0.3, -0.25) is 0 Å². The number of hydrogen-bond donors (Lipinski definition) is 2. The van der Waals surface area contributed by atoms with Crippen LogP contribution in [0, 0.1) is 0 Å². The Morgan fingerprint density at radius 2 is 1.41 bits per heavy atom. The number of benzene rings is 2. The lowest BCUT2D eigenvalue weighted by Gasteiger charge is -2.31. The third-order valence-corrected chi connectivity index (χ3v) is 4.43. The fraction of sp³-hybridized carbons (Fsp3) is 0.440. The summed E-state index contributed by atoms with van der Waals surface area (Å²) in [5, 5.41) is 5.53. The zero-order valence-corrected chi connectivity index (χ0v) is 20.0. The summed E-state index contributed by atoms with van der Waals surface area (Å²) in [5.41, 5.74) is 1.05. The van der Waals surface area contributed by atoms with Crippen LogP contribution in [0.4, 0.5) is 10.5 Å². The largest absolute Gasteiger partial charge is 0.423 e. The van der Waals surface area contributed by atoms with Crippen LogP contribution in [0.15, 0.2) is 54.6 Å². The summed E-state index contributed by atoms with van der Waals surface area (Å²) in [6, 6.07) is 15.0. The Morgan fingerprint density at radius 1 is 0.794 bits per heavy atom. The van der Waals surface area contributed by atoms with Crippen LogP contribution in [-0.4, -0.2) is 51.1 Å². The molecule has 2 aromatic carbocycles. The van der Waals surface area contributed by atoms with Crippen LogP contribution in [0.5, 0.6) is 5.75 Å². The SMILES string of the molecule is CCOC(OCC)(OCC)OCCCCNC(=O)Nc1ccc(OC(=O)c2ccccc2)cc1. The molecule has 2 N–H and O–H groups in total. The molecular weight excluding hydrogens is 440 g/mol. The summed E-state index contributed by atoms with van der Waals surface area (Å²) in [5.74, 6) is -0.0499. The maximum absolute atomic E-state index is 12.1. The third-order valence-electron chi connectivity index (χ3n) is 4.43. The van der Waals surface area contributed by atoms with Crippen LogP contribution in [0.1, 0.15) is 44.0 Å². The molecule has 34 heavy (non-hydrogen) atoms. The van der Waals surface area contributed by atoms with Crippen molar-refractivity contribution in [3.63, 3.8) is 0 Å². The van der Waals surface area contributed by atoms with Gasteiger partial charge >= 0.3 is 18.2 Å². The minimum Gasteiger partial charge on any atom is -0.423 e. The maximum atomic E-state index is 12.1. The number of carbonyl (C=O) groups is 2. The van der Waals surface area contributed by atoms with Gasteiger partial charge < -0.3 is 34.3 Å². The lowest BCUT2D eigenvalue weighted by Crippen LogP contribution is -2.42. The predicted octanol–water partition coefficient (Wildman–Crippen LogP) is 4.54. The number of nitrogens with one attached hydrogen (secondary N) is 2. The van der Waals surface area contributed by atoms with Gasteiger partial charge in [-0.15, -0.1) is 0 Å². The van der Waals surface area contributed by atoms with Gasteiger partial charge in [0.15, 0.2) is 0 Å². The molecule has 0 spiro atoms. The molecule has 0 aliphatic carbocycles. The quantitative estimate of drug-likeness (QED) is 0.169. The molecule has 9 nitrogen and oxygen atoms in total. The molecule has 0 saturated carbocycles. The van der Waals surface area contributed by atoms with E-state index in [4.69, 9.17) is 23.7 Å². The van der Waals surface area contributed by atoms with Crippen LogP contribution >= 0.6 is 0 Å². The number of rotatable bonds is 15. The Bertz CT molecular complexity index is 842. The van der Waals surface area contributed by atoms with Crippen molar-refractivity contribution in [2.45, 2.75) is 39.8 Å². The summed E-state index contributed by atoms with van der Waals surface area (Å²) in [7, 11) is 0. The van der Waals surface area contributed by atoms with Crippen molar-refractivity contribution in [1.82, 2.24) is 5.32 Å². The molecule has 0 bridgehead atoms. The molecule has 186 valence electrons. The average Bonchev–Trinajstić information content (AvgIpc) is 2.83. The second-order valence-corrected chi connectivity index (χ2v) is 7.02. The van der Waals surface area contributed by atoms with Gasteiger partial charge in [0, 0.05) is 12.2 Å². The van der Waals surface area contributed by atoms with E-state index in [1.807, 2.05) is 26.8 Å². The number of urea groups is 1. The van der Waals surface area contributed by atoms with Crippen molar-refractivity contribution in [2.24, 2.45) is 0 Å². The average molecular weight is 475 g/mol. The Balaban J connectivity index is 1.67. The van der Waals surface area contributed by atoms with Crippen molar-refractivity contribution in [2.75, 3.05) is 38.3 Å². The molecular formula is C25H34N2O7. The summed E-state index contributed by atoms with van der Waals surface area (Å²) < 4.78 is 27.5. The molecule has 9 heteroatoms. The second kappa shape index (κ2) is 15.0. The van der Waals surface area contributed by atoms with Gasteiger partial charge in [-0.2, -0.15) is 0 Å². The van der Waals surface area contributed by atoms with E-state index in [1.54, 1.807) is 48.5 Å². The van der Waals surface area contributed by atoms with E-state index in [-0.39, 0.29) is 6.03 Å². The van der Waals surface area contributed by atoms with E-state index in [1.165, 1.54) is 0 Å². The summed E-state index contributed by atoms with van der Waals surface area (Å²) in [6.45, 7) is 7.49. The van der Waals surface area contributed by atoms with Crippen LogP contribution in [0.2, 0.25) is 0 Å². The highest BCUT2D eigenvalue weighted by molar-refractivity contribution is 5.91. The molecule has 2 rings (SSSR count). The highest BCUT2D eigenvalue weighted by Crippen LogP contribution is 2.19. The Hall–Kier alpha value is -2.98. The number of hydrogen-bond acceptors (Lipinski definition) is 7. The van der Waals surface area contributed by atoms with Gasteiger partial charge in [-0.25, -0.2) is 9.59 Å². The third kappa shape index (κ3) is 9.48. The Morgan fingerprint density at radius 3 is 2.00 bits per heavy atom. The van der Waals surface area contributed by atoms with Gasteiger partial charge in [0.25, 0.3) is 0 Å².